The zero-order chi connectivity index (χ0) is 23.5. The third kappa shape index (κ3) is 4.78. The quantitative estimate of drug-likeness (QED) is 0.434. The number of aryl methyl sites for hydroxylation is 1. The standard InChI is InChI=1S/C27H25ClN2O3/c1-17(2)16-33-22-13-11-21(12-14-22)30-26(31)24(19-7-5-4-6-8-19)25(27(30)32)29-20-10-9-18(3)23(28)15-20/h4-15,17,29H,16H2,1-3H3. The van der Waals surface area contributed by atoms with E-state index in [1.807, 2.05) is 49.4 Å². The van der Waals surface area contributed by atoms with Crippen LogP contribution < -0.4 is 15.0 Å². The van der Waals surface area contributed by atoms with Crippen LogP contribution in [0.5, 0.6) is 5.75 Å². The molecular formula is C27H25ClN2O3. The Kier molecular flexibility index (Phi) is 6.52. The fourth-order valence-electron chi connectivity index (χ4n) is 3.52. The summed E-state index contributed by atoms with van der Waals surface area (Å²) < 4.78 is 5.73. The molecule has 6 heteroatoms. The average Bonchev–Trinajstić information content (AvgIpc) is 3.05. The van der Waals surface area contributed by atoms with Gasteiger partial charge in [0.05, 0.1) is 17.9 Å². The second-order valence-electron chi connectivity index (χ2n) is 8.35. The molecule has 2 amide bonds. The number of amides is 2. The number of hydrogen-bond donors (Lipinski definition) is 1. The Balaban J connectivity index is 1.69. The third-order valence-corrected chi connectivity index (χ3v) is 5.67. The summed E-state index contributed by atoms with van der Waals surface area (Å²) in [6.45, 7) is 6.64. The maximum absolute atomic E-state index is 13.5. The van der Waals surface area contributed by atoms with Crippen LogP contribution in [0.2, 0.25) is 5.02 Å². The molecule has 0 aliphatic carbocycles. The minimum Gasteiger partial charge on any atom is -0.493 e. The zero-order valence-corrected chi connectivity index (χ0v) is 19.5. The van der Waals surface area contributed by atoms with Gasteiger partial charge in [-0.25, -0.2) is 4.90 Å². The Bertz CT molecular complexity index is 1220. The van der Waals surface area contributed by atoms with Gasteiger partial charge >= 0.3 is 0 Å². The van der Waals surface area contributed by atoms with Crippen LogP contribution in [-0.4, -0.2) is 18.4 Å². The van der Waals surface area contributed by atoms with Crippen LogP contribution in [0.4, 0.5) is 11.4 Å². The van der Waals surface area contributed by atoms with Gasteiger partial charge in [0.2, 0.25) is 0 Å². The van der Waals surface area contributed by atoms with Crippen molar-refractivity contribution < 1.29 is 14.3 Å². The number of ether oxygens (including phenoxy) is 1. The summed E-state index contributed by atoms with van der Waals surface area (Å²) in [6.07, 6.45) is 0. The number of carbonyl (C=O) groups is 2. The lowest BCUT2D eigenvalue weighted by Gasteiger charge is -2.16. The van der Waals surface area contributed by atoms with E-state index < -0.39 is 5.91 Å². The Morgan fingerprint density at radius 2 is 1.64 bits per heavy atom. The van der Waals surface area contributed by atoms with Crippen molar-refractivity contribution in [3.8, 4) is 5.75 Å². The Morgan fingerprint density at radius 3 is 2.27 bits per heavy atom. The lowest BCUT2D eigenvalue weighted by molar-refractivity contribution is -0.120. The van der Waals surface area contributed by atoms with E-state index in [1.165, 1.54) is 4.90 Å². The van der Waals surface area contributed by atoms with E-state index in [0.717, 1.165) is 5.56 Å². The lowest BCUT2D eigenvalue weighted by Crippen LogP contribution is -2.32. The maximum Gasteiger partial charge on any atom is 0.282 e. The average molecular weight is 461 g/mol. The lowest BCUT2D eigenvalue weighted by atomic mass is 10.0. The van der Waals surface area contributed by atoms with E-state index in [9.17, 15) is 9.59 Å². The van der Waals surface area contributed by atoms with Gasteiger partial charge in [-0.05, 0) is 60.4 Å². The topological polar surface area (TPSA) is 58.6 Å². The summed E-state index contributed by atoms with van der Waals surface area (Å²) in [4.78, 5) is 28.2. The predicted molar refractivity (Wildman–Crippen MR) is 132 cm³/mol. The largest absolute Gasteiger partial charge is 0.493 e. The fourth-order valence-corrected chi connectivity index (χ4v) is 3.70. The Morgan fingerprint density at radius 1 is 0.939 bits per heavy atom. The van der Waals surface area contributed by atoms with Gasteiger partial charge in [-0.3, -0.25) is 9.59 Å². The monoisotopic (exact) mass is 460 g/mol. The molecule has 168 valence electrons. The summed E-state index contributed by atoms with van der Waals surface area (Å²) in [6, 6.07) is 21.6. The smallest absolute Gasteiger partial charge is 0.282 e. The number of benzene rings is 3. The highest BCUT2D eigenvalue weighted by atomic mass is 35.5. The van der Waals surface area contributed by atoms with Gasteiger partial charge in [0, 0.05) is 10.7 Å². The zero-order valence-electron chi connectivity index (χ0n) is 18.8. The molecule has 0 fully saturated rings. The van der Waals surface area contributed by atoms with Gasteiger partial charge in [-0.1, -0.05) is 61.8 Å². The van der Waals surface area contributed by atoms with Crippen LogP contribution in [-0.2, 0) is 9.59 Å². The molecule has 1 N–H and O–H groups in total. The normalized spacial score (nSPS) is 13.8. The van der Waals surface area contributed by atoms with Crippen molar-refractivity contribution in [1.29, 1.82) is 0 Å². The van der Waals surface area contributed by atoms with Crippen molar-refractivity contribution in [1.82, 2.24) is 0 Å². The fraction of sp³-hybridized carbons (Fsp3) is 0.185. The summed E-state index contributed by atoms with van der Waals surface area (Å²) in [7, 11) is 0. The number of rotatable bonds is 7. The summed E-state index contributed by atoms with van der Waals surface area (Å²) in [5, 5.41) is 3.72. The van der Waals surface area contributed by atoms with Crippen LogP contribution in [0.1, 0.15) is 25.0 Å². The van der Waals surface area contributed by atoms with E-state index in [4.69, 9.17) is 16.3 Å². The number of hydrogen-bond acceptors (Lipinski definition) is 4. The van der Waals surface area contributed by atoms with Gasteiger partial charge in [0.1, 0.15) is 11.4 Å². The van der Waals surface area contributed by atoms with E-state index in [0.29, 0.717) is 45.8 Å². The molecule has 0 radical (unpaired) electrons. The summed E-state index contributed by atoms with van der Waals surface area (Å²) in [5.74, 6) is 0.276. The van der Waals surface area contributed by atoms with Crippen LogP contribution in [0.25, 0.3) is 5.57 Å². The van der Waals surface area contributed by atoms with Crippen molar-refractivity contribution in [2.24, 2.45) is 5.92 Å². The van der Waals surface area contributed by atoms with Crippen molar-refractivity contribution in [3.05, 3.63) is 94.6 Å². The molecule has 4 rings (SSSR count). The molecule has 5 nitrogen and oxygen atoms in total. The molecule has 3 aromatic rings. The second kappa shape index (κ2) is 9.51. The summed E-state index contributed by atoms with van der Waals surface area (Å²) >= 11 is 6.27. The molecule has 0 spiro atoms. The third-order valence-electron chi connectivity index (χ3n) is 5.27. The Hall–Kier alpha value is -3.57. The first-order chi connectivity index (χ1) is 15.8. The minimum absolute atomic E-state index is 0.214. The molecule has 3 aromatic carbocycles. The molecule has 0 aromatic heterocycles. The molecule has 33 heavy (non-hydrogen) atoms. The number of halogens is 1. The minimum atomic E-state index is -0.425. The molecule has 0 unspecified atom stereocenters. The van der Waals surface area contributed by atoms with Crippen molar-refractivity contribution >= 4 is 40.4 Å². The molecule has 0 bridgehead atoms. The second-order valence-corrected chi connectivity index (χ2v) is 8.76. The Labute approximate surface area is 198 Å². The van der Waals surface area contributed by atoms with Crippen molar-refractivity contribution in [3.63, 3.8) is 0 Å². The van der Waals surface area contributed by atoms with Crippen LogP contribution >= 0.6 is 11.6 Å². The van der Waals surface area contributed by atoms with Crippen molar-refractivity contribution in [2.45, 2.75) is 20.8 Å². The van der Waals surface area contributed by atoms with Gasteiger partial charge < -0.3 is 10.1 Å². The van der Waals surface area contributed by atoms with E-state index >= 15 is 0 Å². The molecule has 0 atom stereocenters. The van der Waals surface area contributed by atoms with E-state index in [-0.39, 0.29) is 11.6 Å². The maximum atomic E-state index is 13.5. The number of nitrogens with zero attached hydrogens (tertiary/aromatic N) is 1. The highest BCUT2D eigenvalue weighted by Crippen LogP contribution is 2.35. The van der Waals surface area contributed by atoms with Gasteiger partial charge in [0.25, 0.3) is 11.8 Å². The molecule has 0 saturated heterocycles. The van der Waals surface area contributed by atoms with E-state index in [1.54, 1.807) is 30.3 Å². The summed E-state index contributed by atoms with van der Waals surface area (Å²) in [5.41, 5.74) is 3.23. The number of anilines is 2. The van der Waals surface area contributed by atoms with Gasteiger partial charge in [-0.2, -0.15) is 0 Å². The molecule has 1 aliphatic rings. The first-order valence-corrected chi connectivity index (χ1v) is 11.2. The molecular weight excluding hydrogens is 436 g/mol. The predicted octanol–water partition coefficient (Wildman–Crippen LogP) is 6.08. The number of imide groups is 1. The van der Waals surface area contributed by atoms with E-state index in [2.05, 4.69) is 19.2 Å². The number of nitrogens with one attached hydrogen (secondary N) is 1. The van der Waals surface area contributed by atoms with Crippen LogP contribution in [0.3, 0.4) is 0 Å². The van der Waals surface area contributed by atoms with Crippen molar-refractivity contribution in [2.75, 3.05) is 16.8 Å². The molecule has 1 heterocycles. The SMILES string of the molecule is Cc1ccc(NC2=C(c3ccccc3)C(=O)N(c3ccc(OCC(C)C)cc3)C2=O)cc1Cl. The first kappa shape index (κ1) is 22.6. The number of carbonyl (C=O) groups excluding carboxylic acids is 2. The highest BCUT2D eigenvalue weighted by Gasteiger charge is 2.40. The highest BCUT2D eigenvalue weighted by molar-refractivity contribution is 6.46. The molecule has 0 saturated carbocycles. The van der Waals surface area contributed by atoms with Crippen LogP contribution in [0, 0.1) is 12.8 Å². The molecule has 1 aliphatic heterocycles. The first-order valence-electron chi connectivity index (χ1n) is 10.8. The van der Waals surface area contributed by atoms with Crippen LogP contribution in [0.15, 0.2) is 78.5 Å². The van der Waals surface area contributed by atoms with Gasteiger partial charge in [0.15, 0.2) is 0 Å². The van der Waals surface area contributed by atoms with Gasteiger partial charge in [-0.15, -0.1) is 0 Å².